The molecule has 2 saturated carbocycles. The van der Waals surface area contributed by atoms with Crippen LogP contribution in [-0.4, -0.2) is 12.6 Å². The predicted molar refractivity (Wildman–Crippen MR) is 70.5 cm³/mol. The van der Waals surface area contributed by atoms with Gasteiger partial charge in [0.05, 0.1) is 0 Å². The van der Waals surface area contributed by atoms with E-state index < -0.39 is 0 Å². The molecule has 2 aliphatic carbocycles. The van der Waals surface area contributed by atoms with Crippen LogP contribution in [0.2, 0.25) is 0 Å². The van der Waals surface area contributed by atoms with Gasteiger partial charge < -0.3 is 5.32 Å². The zero-order valence-corrected chi connectivity index (χ0v) is 11.4. The van der Waals surface area contributed by atoms with E-state index in [-0.39, 0.29) is 0 Å². The molecular weight excluding hydrogens is 194 g/mol. The van der Waals surface area contributed by atoms with Crippen molar-refractivity contribution in [2.45, 2.75) is 71.8 Å². The molecule has 0 aromatic heterocycles. The van der Waals surface area contributed by atoms with E-state index in [0.717, 1.165) is 24.4 Å². The maximum Gasteiger partial charge on any atom is 0.0129 e. The van der Waals surface area contributed by atoms with Crippen LogP contribution in [-0.2, 0) is 0 Å². The molecule has 0 heterocycles. The Kier molecular flexibility index (Phi) is 3.94. The van der Waals surface area contributed by atoms with Crippen molar-refractivity contribution < 1.29 is 0 Å². The molecule has 2 unspecified atom stereocenters. The van der Waals surface area contributed by atoms with Crippen LogP contribution in [0.4, 0.5) is 0 Å². The molecule has 1 N–H and O–H groups in total. The quantitative estimate of drug-likeness (QED) is 0.760. The minimum atomic E-state index is 0.570. The molecule has 0 saturated heterocycles. The Labute approximate surface area is 101 Å². The van der Waals surface area contributed by atoms with Crippen LogP contribution in [0.1, 0.15) is 65.7 Å². The summed E-state index contributed by atoms with van der Waals surface area (Å²) in [5, 5.41) is 3.81. The lowest BCUT2D eigenvalue weighted by Crippen LogP contribution is -2.50. The van der Waals surface area contributed by atoms with Crippen molar-refractivity contribution in [1.29, 1.82) is 0 Å². The summed E-state index contributed by atoms with van der Waals surface area (Å²) in [6, 6.07) is 0.814. The Morgan fingerprint density at radius 2 is 1.88 bits per heavy atom. The maximum atomic E-state index is 3.81. The Hall–Kier alpha value is -0.0400. The first-order valence-electron chi connectivity index (χ1n) is 7.38. The topological polar surface area (TPSA) is 12.0 Å². The van der Waals surface area contributed by atoms with Gasteiger partial charge in [-0.05, 0) is 49.5 Å². The molecule has 0 radical (unpaired) electrons. The highest BCUT2D eigenvalue weighted by Gasteiger charge is 2.41. The fourth-order valence-electron chi connectivity index (χ4n) is 3.86. The molecule has 16 heavy (non-hydrogen) atoms. The van der Waals surface area contributed by atoms with Gasteiger partial charge in [-0.15, -0.1) is 0 Å². The van der Waals surface area contributed by atoms with Crippen LogP contribution in [0.25, 0.3) is 0 Å². The van der Waals surface area contributed by atoms with Gasteiger partial charge in [0.15, 0.2) is 0 Å². The minimum Gasteiger partial charge on any atom is -0.314 e. The Bertz CT molecular complexity index is 217. The lowest BCUT2D eigenvalue weighted by atomic mass is 9.61. The molecule has 0 aliphatic heterocycles. The van der Waals surface area contributed by atoms with Crippen LogP contribution >= 0.6 is 0 Å². The van der Waals surface area contributed by atoms with Gasteiger partial charge in [-0.2, -0.15) is 0 Å². The highest BCUT2D eigenvalue weighted by Crippen LogP contribution is 2.46. The number of hydrogen-bond donors (Lipinski definition) is 1. The third kappa shape index (κ3) is 2.45. The Morgan fingerprint density at radius 3 is 2.38 bits per heavy atom. The van der Waals surface area contributed by atoms with Crippen molar-refractivity contribution in [3.63, 3.8) is 0 Å². The highest BCUT2D eigenvalue weighted by atomic mass is 14.9. The normalized spacial score (nSPS) is 32.1. The Morgan fingerprint density at radius 1 is 1.12 bits per heavy atom. The molecule has 0 bridgehead atoms. The van der Waals surface area contributed by atoms with Gasteiger partial charge in [0.25, 0.3) is 0 Å². The maximum absolute atomic E-state index is 3.81. The third-order valence-electron chi connectivity index (χ3n) is 5.12. The first-order chi connectivity index (χ1) is 7.65. The molecule has 0 spiro atoms. The van der Waals surface area contributed by atoms with Gasteiger partial charge in [-0.1, -0.05) is 40.0 Å². The summed E-state index contributed by atoms with van der Waals surface area (Å²) in [4.78, 5) is 0. The highest BCUT2D eigenvalue weighted by molar-refractivity contribution is 4.95. The van der Waals surface area contributed by atoms with Crippen molar-refractivity contribution in [3.8, 4) is 0 Å². The number of hydrogen-bond acceptors (Lipinski definition) is 1. The molecule has 0 aromatic rings. The molecule has 2 atom stereocenters. The SMILES string of the molecule is CCNC(C1CCC1)C1CCCCC1(C)C. The summed E-state index contributed by atoms with van der Waals surface area (Å²) < 4.78 is 0. The minimum absolute atomic E-state index is 0.570. The van der Waals surface area contributed by atoms with Crippen LogP contribution in [0, 0.1) is 17.3 Å². The van der Waals surface area contributed by atoms with E-state index in [1.54, 1.807) is 0 Å². The molecule has 2 fully saturated rings. The zero-order chi connectivity index (χ0) is 11.6. The first-order valence-corrected chi connectivity index (χ1v) is 7.38. The van der Waals surface area contributed by atoms with Gasteiger partial charge in [0, 0.05) is 6.04 Å². The van der Waals surface area contributed by atoms with E-state index in [1.165, 1.54) is 44.9 Å². The van der Waals surface area contributed by atoms with E-state index in [1.807, 2.05) is 0 Å². The van der Waals surface area contributed by atoms with Crippen molar-refractivity contribution in [3.05, 3.63) is 0 Å². The summed E-state index contributed by atoms with van der Waals surface area (Å²) in [7, 11) is 0. The summed E-state index contributed by atoms with van der Waals surface area (Å²) in [5.41, 5.74) is 0.570. The second kappa shape index (κ2) is 5.08. The predicted octanol–water partition coefficient (Wildman–Crippen LogP) is 3.98. The third-order valence-corrected chi connectivity index (χ3v) is 5.12. The van der Waals surface area contributed by atoms with E-state index in [0.29, 0.717) is 5.41 Å². The van der Waals surface area contributed by atoms with Crippen LogP contribution in [0.5, 0.6) is 0 Å². The average Bonchev–Trinajstić information content (AvgIpc) is 2.14. The molecule has 2 aliphatic rings. The molecule has 94 valence electrons. The van der Waals surface area contributed by atoms with Gasteiger partial charge in [-0.25, -0.2) is 0 Å². The van der Waals surface area contributed by atoms with Crippen molar-refractivity contribution in [1.82, 2.24) is 5.32 Å². The van der Waals surface area contributed by atoms with Crippen molar-refractivity contribution >= 4 is 0 Å². The van der Waals surface area contributed by atoms with Crippen molar-refractivity contribution in [2.75, 3.05) is 6.54 Å². The summed E-state index contributed by atoms with van der Waals surface area (Å²) in [6.45, 7) is 8.41. The molecule has 2 rings (SSSR count). The van der Waals surface area contributed by atoms with Gasteiger partial charge in [-0.3, -0.25) is 0 Å². The van der Waals surface area contributed by atoms with Crippen LogP contribution in [0.15, 0.2) is 0 Å². The number of nitrogens with one attached hydrogen (secondary N) is 1. The monoisotopic (exact) mass is 223 g/mol. The van der Waals surface area contributed by atoms with Crippen LogP contribution in [0.3, 0.4) is 0 Å². The fraction of sp³-hybridized carbons (Fsp3) is 1.00. The standard InChI is InChI=1S/C15H29N/c1-4-16-14(12-8-7-9-12)13-10-5-6-11-15(13,2)3/h12-14,16H,4-11H2,1-3H3. The van der Waals surface area contributed by atoms with E-state index in [2.05, 4.69) is 26.1 Å². The second-order valence-electron chi connectivity index (χ2n) is 6.62. The molecule has 1 nitrogen and oxygen atoms in total. The number of rotatable bonds is 4. The second-order valence-corrected chi connectivity index (χ2v) is 6.62. The van der Waals surface area contributed by atoms with Gasteiger partial charge in [0.1, 0.15) is 0 Å². The van der Waals surface area contributed by atoms with E-state index in [4.69, 9.17) is 0 Å². The van der Waals surface area contributed by atoms with E-state index >= 15 is 0 Å². The fourth-order valence-corrected chi connectivity index (χ4v) is 3.86. The first kappa shape index (κ1) is 12.4. The van der Waals surface area contributed by atoms with Crippen LogP contribution < -0.4 is 5.32 Å². The lowest BCUT2D eigenvalue weighted by molar-refractivity contribution is 0.0520. The van der Waals surface area contributed by atoms with Gasteiger partial charge >= 0.3 is 0 Å². The van der Waals surface area contributed by atoms with Crippen molar-refractivity contribution in [2.24, 2.45) is 17.3 Å². The molecule has 1 heteroatoms. The summed E-state index contributed by atoms with van der Waals surface area (Å²) in [5.74, 6) is 1.91. The summed E-state index contributed by atoms with van der Waals surface area (Å²) >= 11 is 0. The molecule has 0 amide bonds. The zero-order valence-electron chi connectivity index (χ0n) is 11.4. The Balaban J connectivity index is 2.04. The lowest BCUT2D eigenvalue weighted by Gasteiger charge is -2.48. The smallest absolute Gasteiger partial charge is 0.0129 e. The van der Waals surface area contributed by atoms with E-state index in [9.17, 15) is 0 Å². The molecule has 0 aromatic carbocycles. The summed E-state index contributed by atoms with van der Waals surface area (Å²) in [6.07, 6.45) is 10.2. The largest absolute Gasteiger partial charge is 0.314 e. The van der Waals surface area contributed by atoms with Gasteiger partial charge in [0.2, 0.25) is 0 Å². The average molecular weight is 223 g/mol. The molecular formula is C15H29N.